The molecule has 2 aromatic rings. The van der Waals surface area contributed by atoms with E-state index in [1.807, 2.05) is 24.3 Å². The first-order valence-corrected chi connectivity index (χ1v) is 6.01. The monoisotopic (exact) mass is 260 g/mol. The highest BCUT2D eigenvalue weighted by molar-refractivity contribution is 5.64. The van der Waals surface area contributed by atoms with Gasteiger partial charge in [-0.2, -0.15) is 0 Å². The minimum absolute atomic E-state index is 0.226. The Morgan fingerprint density at radius 1 is 0.789 bits per heavy atom. The lowest BCUT2D eigenvalue weighted by Crippen LogP contribution is -2.25. The van der Waals surface area contributed by atoms with Crippen LogP contribution in [0.1, 0.15) is 0 Å². The Kier molecular flexibility index (Phi) is 4.39. The number of aliphatic hydroxyl groups excluding tert-OH is 2. The van der Waals surface area contributed by atoms with Crippen molar-refractivity contribution >= 4 is 0 Å². The highest BCUT2D eigenvalue weighted by atomic mass is 16.5. The van der Waals surface area contributed by atoms with E-state index in [2.05, 4.69) is 0 Å². The standard InChI is InChI=1S/C15H16O4/c16-9-15(10-17)19-14-7-3-12(4-8-14)11-1-5-13(18)6-2-11/h1-8,15-18H,9-10H2. The molecule has 4 heteroatoms. The summed E-state index contributed by atoms with van der Waals surface area (Å²) in [4.78, 5) is 0. The van der Waals surface area contributed by atoms with Gasteiger partial charge in [-0.25, -0.2) is 0 Å². The molecule has 0 spiro atoms. The smallest absolute Gasteiger partial charge is 0.145 e. The highest BCUT2D eigenvalue weighted by Crippen LogP contribution is 2.24. The van der Waals surface area contributed by atoms with Crippen molar-refractivity contribution in [2.75, 3.05) is 13.2 Å². The molecule has 4 nitrogen and oxygen atoms in total. The molecule has 0 saturated carbocycles. The number of hydrogen-bond donors (Lipinski definition) is 3. The van der Waals surface area contributed by atoms with Crippen LogP contribution in [0.3, 0.4) is 0 Å². The first-order chi connectivity index (χ1) is 9.22. The van der Waals surface area contributed by atoms with Gasteiger partial charge >= 0.3 is 0 Å². The number of phenols is 1. The largest absolute Gasteiger partial charge is 0.508 e. The Morgan fingerprint density at radius 3 is 1.74 bits per heavy atom. The molecule has 0 atom stereocenters. The maximum absolute atomic E-state index is 9.23. The van der Waals surface area contributed by atoms with Gasteiger partial charge in [0.1, 0.15) is 17.6 Å². The zero-order valence-corrected chi connectivity index (χ0v) is 10.4. The number of benzene rings is 2. The number of ether oxygens (including phenoxy) is 1. The number of phenolic OH excluding ortho intramolecular Hbond substituents is 1. The van der Waals surface area contributed by atoms with Crippen LogP contribution in [-0.2, 0) is 0 Å². The molecule has 0 radical (unpaired) electrons. The first-order valence-electron chi connectivity index (χ1n) is 6.01. The average molecular weight is 260 g/mol. The summed E-state index contributed by atoms with van der Waals surface area (Å²) in [6.07, 6.45) is -0.598. The Labute approximate surface area is 111 Å². The zero-order valence-electron chi connectivity index (χ0n) is 10.4. The van der Waals surface area contributed by atoms with Crippen LogP contribution in [0.2, 0.25) is 0 Å². The molecule has 0 amide bonds. The van der Waals surface area contributed by atoms with Gasteiger partial charge in [0.2, 0.25) is 0 Å². The fourth-order valence-electron chi connectivity index (χ4n) is 1.70. The van der Waals surface area contributed by atoms with Gasteiger partial charge in [-0.15, -0.1) is 0 Å². The van der Waals surface area contributed by atoms with Gasteiger partial charge in [0, 0.05) is 0 Å². The van der Waals surface area contributed by atoms with Crippen LogP contribution in [0.15, 0.2) is 48.5 Å². The number of aliphatic hydroxyl groups is 2. The molecule has 0 unspecified atom stereocenters. The lowest BCUT2D eigenvalue weighted by Gasteiger charge is -2.14. The minimum Gasteiger partial charge on any atom is -0.508 e. The molecule has 2 rings (SSSR count). The lowest BCUT2D eigenvalue weighted by molar-refractivity contribution is 0.0629. The zero-order chi connectivity index (χ0) is 13.7. The summed E-state index contributed by atoms with van der Waals surface area (Å²) in [6.45, 7) is -0.452. The van der Waals surface area contributed by atoms with Gasteiger partial charge in [-0.05, 0) is 35.4 Å². The second-order valence-corrected chi connectivity index (χ2v) is 4.18. The van der Waals surface area contributed by atoms with E-state index in [0.29, 0.717) is 5.75 Å². The van der Waals surface area contributed by atoms with Gasteiger partial charge in [0.25, 0.3) is 0 Å². The van der Waals surface area contributed by atoms with Crippen LogP contribution in [0.25, 0.3) is 11.1 Å². The summed E-state index contributed by atoms with van der Waals surface area (Å²) in [5, 5.41) is 27.1. The average Bonchev–Trinajstić information content (AvgIpc) is 2.46. The summed E-state index contributed by atoms with van der Waals surface area (Å²) in [6, 6.07) is 14.2. The maximum Gasteiger partial charge on any atom is 0.145 e. The molecular weight excluding hydrogens is 244 g/mol. The van der Waals surface area contributed by atoms with Crippen molar-refractivity contribution < 1.29 is 20.1 Å². The van der Waals surface area contributed by atoms with Crippen molar-refractivity contribution in [2.45, 2.75) is 6.10 Å². The number of aromatic hydroxyl groups is 1. The van der Waals surface area contributed by atoms with Gasteiger partial charge in [-0.3, -0.25) is 0 Å². The molecule has 0 heterocycles. The van der Waals surface area contributed by atoms with E-state index in [0.717, 1.165) is 11.1 Å². The predicted molar refractivity (Wildman–Crippen MR) is 72.1 cm³/mol. The fourth-order valence-corrected chi connectivity index (χ4v) is 1.70. The van der Waals surface area contributed by atoms with Gasteiger partial charge in [-0.1, -0.05) is 24.3 Å². The Bertz CT molecular complexity index is 501. The van der Waals surface area contributed by atoms with Gasteiger partial charge in [0.05, 0.1) is 13.2 Å². The Balaban J connectivity index is 2.12. The van der Waals surface area contributed by atoms with Crippen LogP contribution in [0.5, 0.6) is 11.5 Å². The first kappa shape index (κ1) is 13.4. The van der Waals surface area contributed by atoms with Crippen molar-refractivity contribution in [1.82, 2.24) is 0 Å². The molecule has 0 fully saturated rings. The summed E-state index contributed by atoms with van der Waals surface area (Å²) in [5.74, 6) is 0.827. The van der Waals surface area contributed by atoms with Gasteiger partial charge < -0.3 is 20.1 Å². The molecule has 19 heavy (non-hydrogen) atoms. The van der Waals surface area contributed by atoms with E-state index in [-0.39, 0.29) is 19.0 Å². The number of rotatable bonds is 5. The van der Waals surface area contributed by atoms with Crippen molar-refractivity contribution in [1.29, 1.82) is 0 Å². The van der Waals surface area contributed by atoms with Crippen molar-refractivity contribution in [3.63, 3.8) is 0 Å². The Morgan fingerprint density at radius 2 is 1.26 bits per heavy atom. The van der Waals surface area contributed by atoms with Crippen LogP contribution < -0.4 is 4.74 Å². The van der Waals surface area contributed by atoms with Crippen LogP contribution in [-0.4, -0.2) is 34.6 Å². The molecular formula is C15H16O4. The van der Waals surface area contributed by atoms with Crippen LogP contribution in [0.4, 0.5) is 0 Å². The molecule has 2 aromatic carbocycles. The molecule has 0 aromatic heterocycles. The Hall–Kier alpha value is -2.04. The molecule has 0 bridgehead atoms. The second-order valence-electron chi connectivity index (χ2n) is 4.18. The molecule has 0 aliphatic rings. The van der Waals surface area contributed by atoms with Crippen LogP contribution >= 0.6 is 0 Å². The van der Waals surface area contributed by atoms with E-state index in [9.17, 15) is 5.11 Å². The summed E-state index contributed by atoms with van der Waals surface area (Å²) >= 11 is 0. The predicted octanol–water partition coefficient (Wildman–Crippen LogP) is 1.79. The summed E-state index contributed by atoms with van der Waals surface area (Å²) in [7, 11) is 0. The molecule has 0 saturated heterocycles. The topological polar surface area (TPSA) is 69.9 Å². The molecule has 0 aliphatic heterocycles. The van der Waals surface area contributed by atoms with Crippen molar-refractivity contribution in [2.24, 2.45) is 0 Å². The van der Waals surface area contributed by atoms with E-state index in [4.69, 9.17) is 14.9 Å². The second kappa shape index (κ2) is 6.22. The van der Waals surface area contributed by atoms with E-state index in [1.54, 1.807) is 24.3 Å². The summed E-state index contributed by atoms with van der Waals surface area (Å²) < 4.78 is 5.38. The van der Waals surface area contributed by atoms with Crippen molar-refractivity contribution in [3.8, 4) is 22.6 Å². The fraction of sp³-hybridized carbons (Fsp3) is 0.200. The number of hydrogen-bond acceptors (Lipinski definition) is 4. The van der Waals surface area contributed by atoms with E-state index in [1.165, 1.54) is 0 Å². The van der Waals surface area contributed by atoms with Crippen molar-refractivity contribution in [3.05, 3.63) is 48.5 Å². The molecule has 0 aliphatic carbocycles. The lowest BCUT2D eigenvalue weighted by atomic mass is 10.1. The van der Waals surface area contributed by atoms with Crippen LogP contribution in [0, 0.1) is 0 Å². The van der Waals surface area contributed by atoms with Gasteiger partial charge in [0.15, 0.2) is 0 Å². The minimum atomic E-state index is -0.598. The quantitative estimate of drug-likeness (QED) is 0.766. The third kappa shape index (κ3) is 3.47. The highest BCUT2D eigenvalue weighted by Gasteiger charge is 2.07. The third-order valence-electron chi connectivity index (χ3n) is 2.76. The third-order valence-corrected chi connectivity index (χ3v) is 2.76. The maximum atomic E-state index is 9.23. The molecule has 3 N–H and O–H groups in total. The summed E-state index contributed by atoms with van der Waals surface area (Å²) in [5.41, 5.74) is 1.99. The SMILES string of the molecule is OCC(CO)Oc1ccc(-c2ccc(O)cc2)cc1. The normalized spacial score (nSPS) is 10.7. The molecule has 100 valence electrons. The van der Waals surface area contributed by atoms with E-state index >= 15 is 0 Å². The van der Waals surface area contributed by atoms with E-state index < -0.39 is 6.10 Å².